The lowest BCUT2D eigenvalue weighted by Gasteiger charge is -2.17. The van der Waals surface area contributed by atoms with Crippen LogP contribution in [0.2, 0.25) is 0 Å². The van der Waals surface area contributed by atoms with E-state index < -0.39 is 0 Å². The molecule has 4 aromatic rings. The van der Waals surface area contributed by atoms with E-state index in [1.165, 1.54) is 23.5 Å². The average Bonchev–Trinajstić information content (AvgIpc) is 3.46. The molecule has 7 nitrogen and oxygen atoms in total. The van der Waals surface area contributed by atoms with Gasteiger partial charge in [-0.15, -0.1) is 0 Å². The largest absolute Gasteiger partial charge is 0.327 e. The topological polar surface area (TPSA) is 68.8 Å². The number of nitrogens with zero attached hydrogens (tertiary/aromatic N) is 6. The predicted octanol–water partition coefficient (Wildman–Crippen LogP) is 3.23. The molecule has 0 bridgehead atoms. The van der Waals surface area contributed by atoms with Crippen LogP contribution in [0.25, 0.3) is 11.5 Å². The van der Waals surface area contributed by atoms with Gasteiger partial charge in [0.05, 0.1) is 30.7 Å². The smallest absolute Gasteiger partial charge is 0.274 e. The van der Waals surface area contributed by atoms with Crippen LogP contribution in [0.4, 0.5) is 0 Å². The van der Waals surface area contributed by atoms with Gasteiger partial charge < -0.3 is 9.47 Å². The third-order valence-electron chi connectivity index (χ3n) is 5.38. The van der Waals surface area contributed by atoms with Crippen molar-refractivity contribution < 1.29 is 4.79 Å². The zero-order valence-electron chi connectivity index (χ0n) is 16.3. The zero-order valence-corrected chi connectivity index (χ0v) is 16.3. The fourth-order valence-corrected chi connectivity index (χ4v) is 3.70. The maximum absolute atomic E-state index is 12.8. The minimum absolute atomic E-state index is 0.132. The van der Waals surface area contributed by atoms with E-state index in [0.717, 1.165) is 22.8 Å². The van der Waals surface area contributed by atoms with Crippen molar-refractivity contribution in [1.29, 1.82) is 0 Å². The molecule has 0 saturated heterocycles. The number of carbonyl (C=O) groups is 1. The summed E-state index contributed by atoms with van der Waals surface area (Å²) in [7, 11) is 0. The van der Waals surface area contributed by atoms with Crippen LogP contribution < -0.4 is 0 Å². The molecule has 0 spiro atoms. The van der Waals surface area contributed by atoms with Crippen molar-refractivity contribution in [1.82, 2.24) is 29.2 Å². The fraction of sp³-hybridized carbons (Fsp3) is 0.182. The molecule has 1 aromatic carbocycles. The Morgan fingerprint density at radius 1 is 1.03 bits per heavy atom. The molecule has 29 heavy (non-hydrogen) atoms. The second kappa shape index (κ2) is 6.70. The maximum atomic E-state index is 12.8. The lowest BCUT2D eigenvalue weighted by atomic mass is 10.1. The summed E-state index contributed by atoms with van der Waals surface area (Å²) in [5.74, 6) is 0.829. The molecule has 0 saturated carbocycles. The molecule has 1 amide bonds. The number of amides is 1. The number of carbonyl (C=O) groups excluding carboxylic acids is 1. The average molecular weight is 384 g/mol. The van der Waals surface area contributed by atoms with Gasteiger partial charge in [-0.1, -0.05) is 6.07 Å². The molecule has 0 atom stereocenters. The van der Waals surface area contributed by atoms with Gasteiger partial charge in [0.2, 0.25) is 0 Å². The Morgan fingerprint density at radius 2 is 1.86 bits per heavy atom. The van der Waals surface area contributed by atoms with Crippen LogP contribution in [0.1, 0.15) is 32.9 Å². The lowest BCUT2D eigenvalue weighted by molar-refractivity contribution is 0.0742. The highest BCUT2D eigenvalue weighted by atomic mass is 16.2. The minimum atomic E-state index is -0.132. The van der Waals surface area contributed by atoms with Crippen LogP contribution in [-0.2, 0) is 13.1 Å². The molecule has 1 aliphatic heterocycles. The summed E-state index contributed by atoms with van der Waals surface area (Å²) in [5, 5.41) is 4.88. The number of fused-ring (bicyclic) bond motifs is 1. The first-order valence-corrected chi connectivity index (χ1v) is 9.49. The van der Waals surface area contributed by atoms with Crippen LogP contribution in [0.5, 0.6) is 0 Å². The van der Waals surface area contributed by atoms with E-state index in [4.69, 9.17) is 5.10 Å². The summed E-state index contributed by atoms with van der Waals surface area (Å²) < 4.78 is 4.03. The van der Waals surface area contributed by atoms with E-state index in [9.17, 15) is 4.79 Å². The van der Waals surface area contributed by atoms with Crippen molar-refractivity contribution in [3.63, 3.8) is 0 Å². The Kier molecular flexibility index (Phi) is 4.01. The van der Waals surface area contributed by atoms with E-state index in [0.29, 0.717) is 18.8 Å². The van der Waals surface area contributed by atoms with Crippen LogP contribution in [0, 0.1) is 13.8 Å². The van der Waals surface area contributed by atoms with Crippen molar-refractivity contribution in [2.45, 2.75) is 26.9 Å². The summed E-state index contributed by atoms with van der Waals surface area (Å²) in [6.07, 6.45) is 8.60. The Balaban J connectivity index is 1.57. The number of benzene rings is 1. The summed E-state index contributed by atoms with van der Waals surface area (Å²) in [6, 6.07) is 10.3. The Hall–Kier alpha value is -3.74. The summed E-state index contributed by atoms with van der Waals surface area (Å²) in [5.41, 5.74) is 5.79. The van der Waals surface area contributed by atoms with Crippen molar-refractivity contribution in [3.8, 4) is 11.5 Å². The van der Waals surface area contributed by atoms with E-state index in [1.807, 2.05) is 29.2 Å². The summed E-state index contributed by atoms with van der Waals surface area (Å²) >= 11 is 0. The number of rotatable bonds is 3. The molecule has 4 heterocycles. The fourth-order valence-electron chi connectivity index (χ4n) is 3.70. The second-order valence-corrected chi connectivity index (χ2v) is 7.27. The number of hydrogen-bond donors (Lipinski definition) is 0. The monoisotopic (exact) mass is 384 g/mol. The molecular formula is C22H20N6O. The maximum Gasteiger partial charge on any atom is 0.274 e. The molecule has 0 radical (unpaired) electrons. The SMILES string of the molecule is Cc1ccc(-n2nc3c(c2-n2cccc2)CN(C(=O)c2cnccn2)C3)cc1C. The van der Waals surface area contributed by atoms with Crippen molar-refractivity contribution in [2.75, 3.05) is 0 Å². The molecule has 0 unspecified atom stereocenters. The first-order valence-electron chi connectivity index (χ1n) is 9.49. The highest BCUT2D eigenvalue weighted by Crippen LogP contribution is 2.31. The Morgan fingerprint density at radius 3 is 2.59 bits per heavy atom. The van der Waals surface area contributed by atoms with Gasteiger partial charge in [0.1, 0.15) is 11.5 Å². The predicted molar refractivity (Wildman–Crippen MR) is 108 cm³/mol. The lowest BCUT2D eigenvalue weighted by Crippen LogP contribution is -2.27. The molecule has 3 aromatic heterocycles. The number of aromatic nitrogens is 5. The van der Waals surface area contributed by atoms with Crippen LogP contribution in [0.3, 0.4) is 0 Å². The third kappa shape index (κ3) is 2.91. The van der Waals surface area contributed by atoms with Crippen molar-refractivity contribution in [2.24, 2.45) is 0 Å². The second-order valence-electron chi connectivity index (χ2n) is 7.27. The van der Waals surface area contributed by atoms with E-state index >= 15 is 0 Å². The number of hydrogen-bond acceptors (Lipinski definition) is 4. The van der Waals surface area contributed by atoms with Crippen LogP contribution in [0.15, 0.2) is 61.3 Å². The van der Waals surface area contributed by atoms with Gasteiger partial charge in [-0.3, -0.25) is 9.78 Å². The molecule has 0 N–H and O–H groups in total. The molecular weight excluding hydrogens is 364 g/mol. The minimum Gasteiger partial charge on any atom is -0.327 e. The molecule has 5 rings (SSSR count). The quantitative estimate of drug-likeness (QED) is 0.544. The highest BCUT2D eigenvalue weighted by molar-refractivity contribution is 5.92. The highest BCUT2D eigenvalue weighted by Gasteiger charge is 2.32. The van der Waals surface area contributed by atoms with Crippen molar-refractivity contribution in [3.05, 3.63) is 89.4 Å². The molecule has 1 aliphatic rings. The first kappa shape index (κ1) is 17.4. The van der Waals surface area contributed by atoms with Crippen LogP contribution >= 0.6 is 0 Å². The normalized spacial score (nSPS) is 13.0. The zero-order chi connectivity index (χ0) is 20.0. The standard InChI is InChI=1S/C22H20N6O/c1-15-5-6-17(11-16(15)2)28-21(26-9-3-4-10-26)18-13-27(14-20(18)25-28)22(29)19-12-23-7-8-24-19/h3-12H,13-14H2,1-2H3. The molecule has 0 aliphatic carbocycles. The van der Waals surface area contributed by atoms with E-state index in [-0.39, 0.29) is 5.91 Å². The van der Waals surface area contributed by atoms with E-state index in [2.05, 4.69) is 46.6 Å². The van der Waals surface area contributed by atoms with Crippen molar-refractivity contribution >= 4 is 5.91 Å². The summed E-state index contributed by atoms with van der Waals surface area (Å²) in [6.45, 7) is 5.15. The van der Waals surface area contributed by atoms with Gasteiger partial charge in [-0.2, -0.15) is 5.10 Å². The van der Waals surface area contributed by atoms with Gasteiger partial charge in [0, 0.05) is 30.4 Å². The Labute approximate surface area is 168 Å². The van der Waals surface area contributed by atoms with Gasteiger partial charge in [0.15, 0.2) is 0 Å². The summed E-state index contributed by atoms with van der Waals surface area (Å²) in [4.78, 5) is 22.7. The number of aryl methyl sites for hydroxylation is 2. The van der Waals surface area contributed by atoms with Gasteiger partial charge >= 0.3 is 0 Å². The molecule has 144 valence electrons. The van der Waals surface area contributed by atoms with Gasteiger partial charge in [0.25, 0.3) is 5.91 Å². The van der Waals surface area contributed by atoms with Gasteiger partial charge in [-0.05, 0) is 49.2 Å². The molecule has 0 fully saturated rings. The first-order chi connectivity index (χ1) is 14.1. The van der Waals surface area contributed by atoms with E-state index in [1.54, 1.807) is 11.1 Å². The van der Waals surface area contributed by atoms with Crippen LogP contribution in [-0.4, -0.2) is 35.1 Å². The Bertz CT molecular complexity index is 1190. The molecule has 7 heteroatoms. The van der Waals surface area contributed by atoms with Gasteiger partial charge in [-0.25, -0.2) is 9.67 Å². The third-order valence-corrected chi connectivity index (χ3v) is 5.38.